The summed E-state index contributed by atoms with van der Waals surface area (Å²) in [6.45, 7) is 2.49. The lowest BCUT2D eigenvalue weighted by atomic mass is 9.74. The number of nitrogens with zero attached hydrogens (tertiary/aromatic N) is 4. The highest BCUT2D eigenvalue weighted by Crippen LogP contribution is 2.36. The Labute approximate surface area is 156 Å². The molecule has 0 spiro atoms. The van der Waals surface area contributed by atoms with Crippen molar-refractivity contribution in [2.24, 2.45) is 0 Å². The minimum absolute atomic E-state index is 0.378. The Kier molecular flexibility index (Phi) is 4.66. The van der Waals surface area contributed by atoms with Crippen molar-refractivity contribution in [2.75, 3.05) is 19.6 Å². The summed E-state index contributed by atoms with van der Waals surface area (Å²) in [5.74, 6) is -0.378. The molecule has 1 aliphatic rings. The first-order chi connectivity index (χ1) is 12.7. The van der Waals surface area contributed by atoms with E-state index in [2.05, 4.69) is 32.5 Å². The zero-order valence-electron chi connectivity index (χ0n) is 14.4. The van der Waals surface area contributed by atoms with Crippen LogP contribution in [0.5, 0.6) is 0 Å². The highest BCUT2D eigenvalue weighted by molar-refractivity contribution is 7.13. The summed E-state index contributed by atoms with van der Waals surface area (Å²) in [6.07, 6.45) is 4.95. The Hall–Kier alpha value is -2.36. The van der Waals surface area contributed by atoms with E-state index in [1.54, 1.807) is 23.8 Å². The molecule has 132 valence electrons. The number of hydrogen-bond acceptors (Lipinski definition) is 5. The molecule has 0 bridgehead atoms. The average Bonchev–Trinajstić information content (AvgIpc) is 3.10. The third kappa shape index (κ3) is 3.09. The van der Waals surface area contributed by atoms with Crippen molar-refractivity contribution in [3.05, 3.63) is 59.8 Å². The van der Waals surface area contributed by atoms with E-state index in [4.69, 9.17) is 0 Å². The molecule has 0 saturated carbocycles. The van der Waals surface area contributed by atoms with Crippen LogP contribution < -0.4 is 0 Å². The molecule has 0 N–H and O–H groups in total. The summed E-state index contributed by atoms with van der Waals surface area (Å²) in [5.41, 5.74) is 0.889. The second kappa shape index (κ2) is 7.10. The van der Waals surface area contributed by atoms with Gasteiger partial charge < -0.3 is 4.90 Å². The zero-order valence-corrected chi connectivity index (χ0v) is 15.2. The van der Waals surface area contributed by atoms with Crippen LogP contribution in [-0.4, -0.2) is 33.9 Å². The lowest BCUT2D eigenvalue weighted by molar-refractivity contribution is 0.185. The van der Waals surface area contributed by atoms with E-state index in [0.29, 0.717) is 18.4 Å². The van der Waals surface area contributed by atoms with Gasteiger partial charge in [0.15, 0.2) is 0 Å². The Morgan fingerprint density at radius 2 is 2.04 bits per heavy atom. The Morgan fingerprint density at radius 1 is 1.23 bits per heavy atom. The molecule has 3 aromatic rings. The molecule has 2 aromatic heterocycles. The van der Waals surface area contributed by atoms with Gasteiger partial charge in [0.2, 0.25) is 0 Å². The van der Waals surface area contributed by atoms with Crippen LogP contribution in [0, 0.1) is 17.1 Å². The van der Waals surface area contributed by atoms with E-state index in [9.17, 15) is 9.65 Å². The van der Waals surface area contributed by atoms with Crippen LogP contribution in [-0.2, 0) is 11.8 Å². The number of piperidine rings is 1. The summed E-state index contributed by atoms with van der Waals surface area (Å²) >= 11 is 1.54. The fourth-order valence-corrected chi connectivity index (χ4v) is 4.57. The lowest BCUT2D eigenvalue weighted by Crippen LogP contribution is -2.43. The molecule has 4 nitrogen and oxygen atoms in total. The van der Waals surface area contributed by atoms with Gasteiger partial charge in [-0.15, -0.1) is 0 Å². The summed E-state index contributed by atoms with van der Waals surface area (Å²) in [5, 5.41) is 11.0. The molecular weight excluding hydrogens is 347 g/mol. The quantitative estimate of drug-likeness (QED) is 0.702. The SMILES string of the molecule is N#CC1(c2ccncc2F)CCN(CCc2nsc3ccccc23)CC1. The molecule has 0 amide bonds. The molecule has 1 saturated heterocycles. The molecule has 0 radical (unpaired) electrons. The van der Waals surface area contributed by atoms with E-state index in [1.807, 2.05) is 12.1 Å². The van der Waals surface area contributed by atoms with Crippen LogP contribution >= 0.6 is 11.5 Å². The molecule has 0 aliphatic carbocycles. The van der Waals surface area contributed by atoms with Gasteiger partial charge in [0, 0.05) is 30.1 Å². The number of hydrogen-bond donors (Lipinski definition) is 0. The van der Waals surface area contributed by atoms with Crippen molar-refractivity contribution in [2.45, 2.75) is 24.7 Å². The van der Waals surface area contributed by atoms with Gasteiger partial charge in [-0.1, -0.05) is 18.2 Å². The second-order valence-electron chi connectivity index (χ2n) is 6.77. The van der Waals surface area contributed by atoms with Crippen LogP contribution in [0.3, 0.4) is 0 Å². The third-order valence-corrected chi connectivity index (χ3v) is 6.19. The first-order valence-electron chi connectivity index (χ1n) is 8.79. The molecule has 1 aliphatic heterocycles. The van der Waals surface area contributed by atoms with E-state index >= 15 is 0 Å². The zero-order chi connectivity index (χ0) is 18.0. The molecule has 0 atom stereocenters. The smallest absolute Gasteiger partial charge is 0.146 e. The Morgan fingerprint density at radius 3 is 2.81 bits per heavy atom. The van der Waals surface area contributed by atoms with Gasteiger partial charge in [-0.2, -0.15) is 9.64 Å². The molecule has 1 aromatic carbocycles. The van der Waals surface area contributed by atoms with Crippen LogP contribution in [0.2, 0.25) is 0 Å². The second-order valence-corrected chi connectivity index (χ2v) is 7.57. The normalized spacial score (nSPS) is 17.2. The highest BCUT2D eigenvalue weighted by Gasteiger charge is 2.38. The van der Waals surface area contributed by atoms with Crippen molar-refractivity contribution in [1.29, 1.82) is 5.26 Å². The van der Waals surface area contributed by atoms with Crippen LogP contribution in [0.4, 0.5) is 4.39 Å². The van der Waals surface area contributed by atoms with Crippen LogP contribution in [0.15, 0.2) is 42.7 Å². The number of likely N-dealkylation sites (tertiary alicyclic amines) is 1. The predicted octanol–water partition coefficient (Wildman–Crippen LogP) is 3.93. The minimum atomic E-state index is -0.739. The fraction of sp³-hybridized carbons (Fsp3) is 0.350. The first-order valence-corrected chi connectivity index (χ1v) is 9.56. The third-order valence-electron chi connectivity index (χ3n) is 5.33. The number of aromatic nitrogens is 2. The van der Waals surface area contributed by atoms with Crippen molar-refractivity contribution >= 4 is 21.6 Å². The largest absolute Gasteiger partial charge is 0.303 e. The van der Waals surface area contributed by atoms with Crippen molar-refractivity contribution in [3.63, 3.8) is 0 Å². The van der Waals surface area contributed by atoms with Gasteiger partial charge in [-0.3, -0.25) is 4.98 Å². The predicted molar refractivity (Wildman–Crippen MR) is 100 cm³/mol. The first kappa shape index (κ1) is 17.1. The number of nitriles is 1. The number of halogens is 1. The Bertz CT molecular complexity index is 954. The topological polar surface area (TPSA) is 52.8 Å². The van der Waals surface area contributed by atoms with Gasteiger partial charge in [-0.05, 0) is 49.6 Å². The maximum atomic E-state index is 14.2. The van der Waals surface area contributed by atoms with Crippen molar-refractivity contribution in [3.8, 4) is 6.07 Å². The Balaban J connectivity index is 1.42. The highest BCUT2D eigenvalue weighted by atomic mass is 32.1. The standard InChI is InChI=1S/C20H19FN4S/c21-17-13-23-9-5-16(17)20(14-22)7-11-25(12-8-20)10-6-18-15-3-1-2-4-19(15)26-24-18/h1-5,9,13H,6-8,10-12H2. The molecule has 26 heavy (non-hydrogen) atoms. The maximum absolute atomic E-state index is 14.2. The summed E-state index contributed by atoms with van der Waals surface area (Å²) in [4.78, 5) is 6.15. The van der Waals surface area contributed by atoms with Crippen molar-refractivity contribution in [1.82, 2.24) is 14.3 Å². The van der Waals surface area contributed by atoms with Crippen LogP contribution in [0.1, 0.15) is 24.1 Å². The lowest BCUT2D eigenvalue weighted by Gasteiger charge is -2.37. The van der Waals surface area contributed by atoms with Gasteiger partial charge in [0.05, 0.1) is 28.1 Å². The molecule has 1 fully saturated rings. The molecule has 6 heteroatoms. The number of pyridine rings is 1. The van der Waals surface area contributed by atoms with E-state index in [1.165, 1.54) is 16.3 Å². The van der Waals surface area contributed by atoms with E-state index in [0.717, 1.165) is 31.7 Å². The minimum Gasteiger partial charge on any atom is -0.303 e. The fourth-order valence-electron chi connectivity index (χ4n) is 3.75. The molecule has 0 unspecified atom stereocenters. The summed E-state index contributed by atoms with van der Waals surface area (Å²) in [7, 11) is 0. The van der Waals surface area contributed by atoms with Gasteiger partial charge >= 0.3 is 0 Å². The summed E-state index contributed by atoms with van der Waals surface area (Å²) in [6, 6.07) is 12.3. The maximum Gasteiger partial charge on any atom is 0.146 e. The van der Waals surface area contributed by atoms with Gasteiger partial charge in [0.25, 0.3) is 0 Å². The average molecular weight is 366 g/mol. The van der Waals surface area contributed by atoms with Gasteiger partial charge in [-0.25, -0.2) is 4.39 Å². The molecule has 3 heterocycles. The number of fused-ring (bicyclic) bond motifs is 1. The van der Waals surface area contributed by atoms with Crippen molar-refractivity contribution < 1.29 is 4.39 Å². The monoisotopic (exact) mass is 366 g/mol. The van der Waals surface area contributed by atoms with Crippen LogP contribution in [0.25, 0.3) is 10.1 Å². The summed E-state index contributed by atoms with van der Waals surface area (Å²) < 4.78 is 20.0. The molecule has 4 rings (SSSR count). The number of benzene rings is 1. The molecular formula is C20H19FN4S. The van der Waals surface area contributed by atoms with E-state index < -0.39 is 5.41 Å². The number of rotatable bonds is 4. The van der Waals surface area contributed by atoms with Gasteiger partial charge in [0.1, 0.15) is 5.82 Å². The van der Waals surface area contributed by atoms with E-state index in [-0.39, 0.29) is 5.82 Å².